The van der Waals surface area contributed by atoms with Crippen molar-refractivity contribution in [1.82, 2.24) is 4.98 Å². The highest BCUT2D eigenvalue weighted by molar-refractivity contribution is 6.12. The van der Waals surface area contributed by atoms with Gasteiger partial charge in [0.15, 0.2) is 5.58 Å². The van der Waals surface area contributed by atoms with Crippen LogP contribution in [0.5, 0.6) is 0 Å². The van der Waals surface area contributed by atoms with Gasteiger partial charge in [0.2, 0.25) is 5.89 Å². The van der Waals surface area contributed by atoms with Gasteiger partial charge in [-0.25, -0.2) is 4.98 Å². The first kappa shape index (κ1) is 40.5. The molecule has 12 aromatic rings. The number of oxazole rings is 1. The number of hydrogen-bond acceptors (Lipinski definition) is 3. The molecule has 12 rings (SSSR count). The first-order valence-electron chi connectivity index (χ1n) is 23.1. The number of aromatic nitrogens is 1. The maximum atomic E-state index is 6.52. The number of nitrogens with zero attached hydrogens (tertiary/aromatic N) is 2. The van der Waals surface area contributed by atoms with Gasteiger partial charge in [0.05, 0.1) is 5.69 Å². The van der Waals surface area contributed by atoms with E-state index in [1.807, 2.05) is 12.1 Å². The first-order chi connectivity index (χ1) is 33.7. The van der Waals surface area contributed by atoms with Crippen molar-refractivity contribution in [1.29, 1.82) is 0 Å². The molecule has 68 heavy (non-hydrogen) atoms. The van der Waals surface area contributed by atoms with Crippen LogP contribution in [0, 0.1) is 0 Å². The predicted molar refractivity (Wildman–Crippen MR) is 284 cm³/mol. The van der Waals surface area contributed by atoms with Gasteiger partial charge in [-0.05, 0) is 121 Å². The van der Waals surface area contributed by atoms with Gasteiger partial charge in [-0.2, -0.15) is 0 Å². The van der Waals surface area contributed by atoms with E-state index >= 15 is 0 Å². The molecule has 0 unspecified atom stereocenters. The Kier molecular flexibility index (Phi) is 10.6. The molecular weight excluding hydrogens is 825 g/mol. The number of benzene rings is 11. The normalized spacial score (nSPS) is 11.2. The maximum Gasteiger partial charge on any atom is 0.227 e. The molecule has 0 N–H and O–H groups in total. The van der Waals surface area contributed by atoms with E-state index in [1.54, 1.807) is 0 Å². The lowest BCUT2D eigenvalue weighted by molar-refractivity contribution is 0.620. The summed E-state index contributed by atoms with van der Waals surface area (Å²) in [7, 11) is 0. The lowest BCUT2D eigenvalue weighted by Crippen LogP contribution is -2.12. The lowest BCUT2D eigenvalue weighted by Gasteiger charge is -2.29. The van der Waals surface area contributed by atoms with Crippen LogP contribution in [0.4, 0.5) is 17.1 Å². The van der Waals surface area contributed by atoms with Gasteiger partial charge < -0.3 is 9.32 Å². The van der Waals surface area contributed by atoms with Gasteiger partial charge in [0.25, 0.3) is 0 Å². The topological polar surface area (TPSA) is 29.3 Å². The van der Waals surface area contributed by atoms with Crippen molar-refractivity contribution in [3.8, 4) is 78.2 Å². The van der Waals surface area contributed by atoms with Crippen molar-refractivity contribution in [2.45, 2.75) is 0 Å². The van der Waals surface area contributed by atoms with Crippen LogP contribution in [0.2, 0.25) is 0 Å². The largest absolute Gasteiger partial charge is 0.436 e. The van der Waals surface area contributed by atoms with Crippen LogP contribution in [-0.4, -0.2) is 4.98 Å². The molecule has 3 nitrogen and oxygen atoms in total. The SMILES string of the molecule is c1ccc(-c2ccc(-c3nc4c(ccc5cccc(-c6cccc(-c7ccc(-c8ccccc8)cc7N(c7cccc(-c8ccccc8)c7)c7cccc(-c8ccccc8)c7)c6)c54)o3)cc2)cc1. The zero-order valence-corrected chi connectivity index (χ0v) is 37.2. The third-order valence-corrected chi connectivity index (χ3v) is 12.9. The molecule has 0 spiro atoms. The Morgan fingerprint density at radius 3 is 1.32 bits per heavy atom. The van der Waals surface area contributed by atoms with Crippen molar-refractivity contribution in [2.75, 3.05) is 4.90 Å². The molecule has 0 saturated heterocycles. The summed E-state index contributed by atoms with van der Waals surface area (Å²) in [6, 6.07) is 95.2. The molecule has 0 radical (unpaired) electrons. The molecule has 0 bridgehead atoms. The average molecular weight is 869 g/mol. The minimum absolute atomic E-state index is 0.603. The van der Waals surface area contributed by atoms with Crippen LogP contribution in [0.1, 0.15) is 0 Å². The average Bonchev–Trinajstić information content (AvgIpc) is 3.87. The van der Waals surface area contributed by atoms with Gasteiger partial charge >= 0.3 is 0 Å². The van der Waals surface area contributed by atoms with Crippen molar-refractivity contribution in [3.63, 3.8) is 0 Å². The number of fused-ring (bicyclic) bond motifs is 3. The summed E-state index contributed by atoms with van der Waals surface area (Å²) in [6.45, 7) is 0. The van der Waals surface area contributed by atoms with Crippen molar-refractivity contribution in [3.05, 3.63) is 267 Å². The number of hydrogen-bond donors (Lipinski definition) is 0. The van der Waals surface area contributed by atoms with E-state index in [0.29, 0.717) is 5.89 Å². The fourth-order valence-electron chi connectivity index (χ4n) is 9.53. The van der Waals surface area contributed by atoms with E-state index in [0.717, 1.165) is 94.6 Å². The van der Waals surface area contributed by atoms with Crippen molar-refractivity contribution < 1.29 is 4.42 Å². The number of rotatable bonds is 10. The Morgan fingerprint density at radius 1 is 0.294 bits per heavy atom. The van der Waals surface area contributed by atoms with Crippen LogP contribution in [0.25, 0.3) is 100 Å². The summed E-state index contributed by atoms with van der Waals surface area (Å²) in [4.78, 5) is 7.64. The first-order valence-corrected chi connectivity index (χ1v) is 23.1. The zero-order valence-electron chi connectivity index (χ0n) is 37.2. The molecule has 320 valence electrons. The number of anilines is 3. The van der Waals surface area contributed by atoms with E-state index in [-0.39, 0.29) is 0 Å². The van der Waals surface area contributed by atoms with E-state index < -0.39 is 0 Å². The van der Waals surface area contributed by atoms with Gasteiger partial charge in [0.1, 0.15) is 5.52 Å². The van der Waals surface area contributed by atoms with Gasteiger partial charge in [-0.15, -0.1) is 0 Å². The van der Waals surface area contributed by atoms with E-state index in [1.165, 1.54) is 16.7 Å². The fraction of sp³-hybridized carbons (Fsp3) is 0. The smallest absolute Gasteiger partial charge is 0.227 e. The summed E-state index contributed by atoms with van der Waals surface area (Å²) in [5.74, 6) is 0.603. The van der Waals surface area contributed by atoms with Crippen molar-refractivity contribution in [2.24, 2.45) is 0 Å². The summed E-state index contributed by atoms with van der Waals surface area (Å²) in [5, 5.41) is 2.17. The van der Waals surface area contributed by atoms with E-state index in [4.69, 9.17) is 9.40 Å². The Bertz CT molecular complexity index is 3630. The lowest BCUT2D eigenvalue weighted by atomic mass is 9.92. The third kappa shape index (κ3) is 7.82. The quantitative estimate of drug-likeness (QED) is 0.137. The molecule has 1 aromatic heterocycles. The van der Waals surface area contributed by atoms with E-state index in [2.05, 4.69) is 260 Å². The second kappa shape index (κ2) is 17.7. The van der Waals surface area contributed by atoms with Crippen LogP contribution in [-0.2, 0) is 0 Å². The van der Waals surface area contributed by atoms with Gasteiger partial charge in [-0.3, -0.25) is 0 Å². The molecule has 0 aliphatic carbocycles. The second-order valence-electron chi connectivity index (χ2n) is 17.1. The molecule has 0 aliphatic heterocycles. The Balaban J connectivity index is 1.02. The summed E-state index contributed by atoms with van der Waals surface area (Å²) in [6.07, 6.45) is 0. The molecule has 3 heteroatoms. The molecule has 0 aliphatic rings. The van der Waals surface area contributed by atoms with Gasteiger partial charge in [-0.1, -0.05) is 212 Å². The molecule has 1 heterocycles. The standard InChI is InChI=1S/C65H44N2O/c1-5-17-45(18-6-1)49-33-35-51(36-34-49)65-66-64-62(68-65)40-38-50-25-16-32-60(63(50)64)56-29-13-28-55(41-56)59-39-37-54(48-23-11-4-12-24-48)44-61(59)67(57-30-14-26-52(42-57)46-19-7-2-8-20-46)58-31-15-27-53(43-58)47-21-9-3-10-22-47/h1-44H. The van der Waals surface area contributed by atoms with Crippen LogP contribution < -0.4 is 4.90 Å². The molecular formula is C65H44N2O. The highest BCUT2D eigenvalue weighted by Gasteiger charge is 2.21. The minimum atomic E-state index is 0.603. The van der Waals surface area contributed by atoms with Crippen LogP contribution in [0.15, 0.2) is 271 Å². The fourth-order valence-corrected chi connectivity index (χ4v) is 9.53. The summed E-state index contributed by atoms with van der Waals surface area (Å²) in [5.41, 5.74) is 19.4. The third-order valence-electron chi connectivity index (χ3n) is 12.9. The molecule has 0 fully saturated rings. The Hall–Kier alpha value is -9.05. The molecule has 11 aromatic carbocycles. The maximum absolute atomic E-state index is 6.52. The van der Waals surface area contributed by atoms with Crippen molar-refractivity contribution >= 4 is 38.9 Å². The van der Waals surface area contributed by atoms with E-state index in [9.17, 15) is 0 Å². The Morgan fingerprint density at radius 2 is 0.735 bits per heavy atom. The molecule has 0 saturated carbocycles. The predicted octanol–water partition coefficient (Wildman–Crippen LogP) is 18.1. The molecule has 0 atom stereocenters. The summed E-state index contributed by atoms with van der Waals surface area (Å²) >= 11 is 0. The van der Waals surface area contributed by atoms with Crippen LogP contribution in [0.3, 0.4) is 0 Å². The highest BCUT2D eigenvalue weighted by atomic mass is 16.3. The van der Waals surface area contributed by atoms with Crippen LogP contribution >= 0.6 is 0 Å². The second-order valence-corrected chi connectivity index (χ2v) is 17.1. The Labute approximate surface area is 396 Å². The van der Waals surface area contributed by atoms with Gasteiger partial charge in [0, 0.05) is 27.9 Å². The molecule has 0 amide bonds. The zero-order chi connectivity index (χ0) is 45.2. The minimum Gasteiger partial charge on any atom is -0.436 e. The highest BCUT2D eigenvalue weighted by Crippen LogP contribution is 2.46. The monoisotopic (exact) mass is 868 g/mol. The summed E-state index contributed by atoms with van der Waals surface area (Å²) < 4.78 is 6.52.